The van der Waals surface area contributed by atoms with Crippen molar-refractivity contribution in [2.45, 2.75) is 13.0 Å². The molecule has 108 valence electrons. The maximum absolute atomic E-state index is 9.31. The highest BCUT2D eigenvalue weighted by atomic mass is 16.5. The van der Waals surface area contributed by atoms with Crippen molar-refractivity contribution in [1.82, 2.24) is 4.98 Å². The third-order valence-electron chi connectivity index (χ3n) is 3.51. The average Bonchev–Trinajstić information content (AvgIpc) is 2.51. The first-order chi connectivity index (χ1) is 9.62. The van der Waals surface area contributed by atoms with Gasteiger partial charge in [-0.15, -0.1) is 0 Å². The van der Waals surface area contributed by atoms with Gasteiger partial charge in [-0.05, 0) is 30.5 Å². The molecule has 5 nitrogen and oxygen atoms in total. The minimum Gasteiger partial charge on any atom is -0.493 e. The topological polar surface area (TPSA) is 54.8 Å². The van der Waals surface area contributed by atoms with E-state index in [9.17, 15) is 5.11 Å². The average molecular weight is 276 g/mol. The Labute approximate surface area is 118 Å². The van der Waals surface area contributed by atoms with Crippen LogP contribution in [-0.4, -0.2) is 44.0 Å². The van der Waals surface area contributed by atoms with Gasteiger partial charge in [0.15, 0.2) is 11.5 Å². The normalized spacial score (nSPS) is 12.2. The molecule has 1 aromatic heterocycles. The second-order valence-electron chi connectivity index (χ2n) is 4.71. The van der Waals surface area contributed by atoms with Gasteiger partial charge in [0.2, 0.25) is 0 Å². The number of hydrogen-bond donors (Lipinski definition) is 1. The van der Waals surface area contributed by atoms with Crippen LogP contribution in [0.25, 0.3) is 10.8 Å². The van der Waals surface area contributed by atoms with E-state index < -0.39 is 0 Å². The van der Waals surface area contributed by atoms with E-state index in [1.165, 1.54) is 0 Å². The summed E-state index contributed by atoms with van der Waals surface area (Å²) >= 11 is 0. The first-order valence-electron chi connectivity index (χ1n) is 6.46. The summed E-state index contributed by atoms with van der Waals surface area (Å²) in [5.74, 6) is 2.17. The lowest BCUT2D eigenvalue weighted by Crippen LogP contribution is -2.32. The van der Waals surface area contributed by atoms with Crippen LogP contribution in [-0.2, 0) is 0 Å². The Hall–Kier alpha value is -2.01. The van der Waals surface area contributed by atoms with Crippen molar-refractivity contribution in [3.63, 3.8) is 0 Å². The number of aliphatic hydroxyl groups is 1. The maximum atomic E-state index is 9.31. The van der Waals surface area contributed by atoms with E-state index in [1.54, 1.807) is 20.4 Å². The fraction of sp³-hybridized carbons (Fsp3) is 0.400. The van der Waals surface area contributed by atoms with Crippen LogP contribution in [0.3, 0.4) is 0 Å². The Kier molecular flexibility index (Phi) is 4.29. The molecule has 0 saturated carbocycles. The van der Waals surface area contributed by atoms with Crippen LogP contribution in [0.15, 0.2) is 24.4 Å². The molecule has 1 N–H and O–H groups in total. The highest BCUT2D eigenvalue weighted by Crippen LogP contribution is 2.35. The van der Waals surface area contributed by atoms with Crippen LogP contribution in [0, 0.1) is 0 Å². The van der Waals surface area contributed by atoms with E-state index in [2.05, 4.69) is 4.98 Å². The summed E-state index contributed by atoms with van der Waals surface area (Å²) in [6, 6.07) is 5.76. The third-order valence-corrected chi connectivity index (χ3v) is 3.51. The first-order valence-corrected chi connectivity index (χ1v) is 6.46. The Morgan fingerprint density at radius 3 is 2.50 bits per heavy atom. The van der Waals surface area contributed by atoms with Crippen LogP contribution in [0.4, 0.5) is 5.82 Å². The van der Waals surface area contributed by atoms with Crippen LogP contribution in [0.1, 0.15) is 6.92 Å². The molecule has 2 aromatic rings. The second-order valence-corrected chi connectivity index (χ2v) is 4.71. The molecule has 0 aliphatic heterocycles. The van der Waals surface area contributed by atoms with Gasteiger partial charge in [-0.2, -0.15) is 0 Å². The molecule has 1 heterocycles. The molecule has 1 unspecified atom stereocenters. The number of likely N-dealkylation sites (N-methyl/N-ethyl adjacent to an activating group) is 1. The highest BCUT2D eigenvalue weighted by Gasteiger charge is 2.15. The summed E-state index contributed by atoms with van der Waals surface area (Å²) in [6.07, 6.45) is 1.75. The summed E-state index contributed by atoms with van der Waals surface area (Å²) in [5, 5.41) is 11.3. The first kappa shape index (κ1) is 14.4. The van der Waals surface area contributed by atoms with Crippen molar-refractivity contribution >= 4 is 16.6 Å². The number of methoxy groups -OCH3 is 2. The predicted molar refractivity (Wildman–Crippen MR) is 79.8 cm³/mol. The molecule has 0 aliphatic carbocycles. The van der Waals surface area contributed by atoms with E-state index in [1.807, 2.05) is 37.1 Å². The van der Waals surface area contributed by atoms with E-state index in [4.69, 9.17) is 9.47 Å². The quantitative estimate of drug-likeness (QED) is 0.906. The van der Waals surface area contributed by atoms with Crippen molar-refractivity contribution in [3.05, 3.63) is 24.4 Å². The van der Waals surface area contributed by atoms with Gasteiger partial charge in [0, 0.05) is 18.6 Å². The van der Waals surface area contributed by atoms with Crippen molar-refractivity contribution in [3.8, 4) is 11.5 Å². The standard InChI is InChI=1S/C15H20N2O3/c1-10(9-18)17(2)15-12-8-14(20-4)13(19-3)7-11(12)5-6-16-15/h5-8,10,18H,9H2,1-4H3. The zero-order chi connectivity index (χ0) is 14.7. The summed E-state index contributed by atoms with van der Waals surface area (Å²) < 4.78 is 10.7. The van der Waals surface area contributed by atoms with Crippen LogP contribution < -0.4 is 14.4 Å². The number of nitrogens with zero attached hydrogens (tertiary/aromatic N) is 2. The maximum Gasteiger partial charge on any atom is 0.161 e. The lowest BCUT2D eigenvalue weighted by atomic mass is 10.1. The number of aromatic nitrogens is 1. The van der Waals surface area contributed by atoms with Gasteiger partial charge in [-0.25, -0.2) is 4.98 Å². The molecule has 0 radical (unpaired) electrons. The molecule has 20 heavy (non-hydrogen) atoms. The van der Waals surface area contributed by atoms with E-state index in [-0.39, 0.29) is 12.6 Å². The Bertz CT molecular complexity index is 601. The number of aliphatic hydroxyl groups excluding tert-OH is 1. The highest BCUT2D eigenvalue weighted by molar-refractivity contribution is 5.94. The Morgan fingerprint density at radius 1 is 1.25 bits per heavy atom. The van der Waals surface area contributed by atoms with Gasteiger partial charge in [-0.3, -0.25) is 0 Å². The Morgan fingerprint density at radius 2 is 1.90 bits per heavy atom. The van der Waals surface area contributed by atoms with E-state index >= 15 is 0 Å². The van der Waals surface area contributed by atoms with Crippen LogP contribution >= 0.6 is 0 Å². The third kappa shape index (κ3) is 2.49. The van der Waals surface area contributed by atoms with Crippen molar-refractivity contribution in [2.75, 3.05) is 32.8 Å². The molecule has 0 saturated heterocycles. The molecule has 0 fully saturated rings. The number of anilines is 1. The fourth-order valence-corrected chi connectivity index (χ4v) is 2.10. The molecule has 5 heteroatoms. The number of fused-ring (bicyclic) bond motifs is 1. The molecule has 0 amide bonds. The Balaban J connectivity index is 2.62. The molecule has 0 aliphatic rings. The minimum absolute atomic E-state index is 0.0128. The minimum atomic E-state index is -0.0128. The molecule has 1 atom stereocenters. The number of rotatable bonds is 5. The number of hydrogen-bond acceptors (Lipinski definition) is 5. The van der Waals surface area contributed by atoms with Gasteiger partial charge >= 0.3 is 0 Å². The summed E-state index contributed by atoms with van der Waals surface area (Å²) in [7, 11) is 5.14. The predicted octanol–water partition coefficient (Wildman–Crippen LogP) is 2.07. The van der Waals surface area contributed by atoms with Crippen molar-refractivity contribution in [2.24, 2.45) is 0 Å². The zero-order valence-corrected chi connectivity index (χ0v) is 12.3. The summed E-state index contributed by atoms with van der Waals surface area (Å²) in [4.78, 5) is 6.38. The van der Waals surface area contributed by atoms with Gasteiger partial charge < -0.3 is 19.5 Å². The van der Waals surface area contributed by atoms with E-state index in [0.717, 1.165) is 16.6 Å². The smallest absolute Gasteiger partial charge is 0.161 e. The largest absolute Gasteiger partial charge is 0.493 e. The van der Waals surface area contributed by atoms with Crippen LogP contribution in [0.5, 0.6) is 11.5 Å². The monoisotopic (exact) mass is 276 g/mol. The number of pyridine rings is 1. The fourth-order valence-electron chi connectivity index (χ4n) is 2.10. The number of ether oxygens (including phenoxy) is 2. The molecular weight excluding hydrogens is 256 g/mol. The van der Waals surface area contributed by atoms with Crippen molar-refractivity contribution < 1.29 is 14.6 Å². The van der Waals surface area contributed by atoms with Crippen LogP contribution in [0.2, 0.25) is 0 Å². The zero-order valence-electron chi connectivity index (χ0n) is 12.3. The molecule has 1 aromatic carbocycles. The van der Waals surface area contributed by atoms with Crippen molar-refractivity contribution in [1.29, 1.82) is 0 Å². The summed E-state index contributed by atoms with van der Waals surface area (Å²) in [5.41, 5.74) is 0. The van der Waals surface area contributed by atoms with E-state index in [0.29, 0.717) is 11.5 Å². The molecule has 2 rings (SSSR count). The van der Waals surface area contributed by atoms with Gasteiger partial charge in [0.1, 0.15) is 5.82 Å². The lowest BCUT2D eigenvalue weighted by Gasteiger charge is -2.25. The summed E-state index contributed by atoms with van der Waals surface area (Å²) in [6.45, 7) is 2.02. The van der Waals surface area contributed by atoms with Gasteiger partial charge in [0.25, 0.3) is 0 Å². The molecule has 0 bridgehead atoms. The van der Waals surface area contributed by atoms with Gasteiger partial charge in [0.05, 0.1) is 26.9 Å². The second kappa shape index (κ2) is 5.96. The molecular formula is C15H20N2O3. The lowest BCUT2D eigenvalue weighted by molar-refractivity contribution is 0.270. The number of benzene rings is 1. The molecule has 0 spiro atoms. The van der Waals surface area contributed by atoms with Gasteiger partial charge in [-0.1, -0.05) is 0 Å². The SMILES string of the molecule is COc1cc2ccnc(N(C)C(C)CO)c2cc1OC.